The summed E-state index contributed by atoms with van der Waals surface area (Å²) in [6.07, 6.45) is 0. The first-order valence-electron chi connectivity index (χ1n) is 8.20. The Morgan fingerprint density at radius 2 is 1.91 bits per heavy atom. The second kappa shape index (κ2) is 9.46. The van der Waals surface area contributed by atoms with Crippen molar-refractivity contribution in [2.45, 2.75) is 54.1 Å². The monoisotopic (exact) mass is 309 g/mol. The number of nitrogens with one attached hydrogen (secondary N) is 2. The van der Waals surface area contributed by atoms with Crippen molar-refractivity contribution in [1.29, 1.82) is 0 Å². The zero-order valence-electron chi connectivity index (χ0n) is 14.9. The Labute approximate surface area is 134 Å². The average molecular weight is 309 g/mol. The van der Waals surface area contributed by atoms with Gasteiger partial charge in [0.15, 0.2) is 5.96 Å². The van der Waals surface area contributed by atoms with Gasteiger partial charge in [-0.1, -0.05) is 13.8 Å². The van der Waals surface area contributed by atoms with Gasteiger partial charge >= 0.3 is 0 Å². The van der Waals surface area contributed by atoms with Gasteiger partial charge in [0.2, 0.25) is 5.89 Å². The van der Waals surface area contributed by atoms with Crippen molar-refractivity contribution in [3.05, 3.63) is 17.3 Å². The number of aryl methyl sites for hydroxylation is 2. The van der Waals surface area contributed by atoms with Gasteiger partial charge in [0.05, 0.1) is 5.69 Å². The van der Waals surface area contributed by atoms with Crippen LogP contribution in [-0.4, -0.2) is 48.1 Å². The predicted octanol–water partition coefficient (Wildman–Crippen LogP) is 2.08. The van der Waals surface area contributed by atoms with E-state index in [1.165, 1.54) is 0 Å². The molecule has 0 saturated heterocycles. The second-order valence-corrected chi connectivity index (χ2v) is 5.40. The van der Waals surface area contributed by atoms with Gasteiger partial charge in [-0.3, -0.25) is 4.90 Å². The molecule has 0 spiro atoms. The molecule has 0 bridgehead atoms. The van der Waals surface area contributed by atoms with E-state index in [0.717, 1.165) is 43.6 Å². The van der Waals surface area contributed by atoms with E-state index in [9.17, 15) is 0 Å². The topological polar surface area (TPSA) is 65.7 Å². The highest BCUT2D eigenvalue weighted by Gasteiger charge is 2.11. The lowest BCUT2D eigenvalue weighted by Gasteiger charge is -2.27. The first kappa shape index (κ1) is 18.5. The van der Waals surface area contributed by atoms with Crippen LogP contribution < -0.4 is 10.6 Å². The molecule has 0 saturated carbocycles. The van der Waals surface area contributed by atoms with Gasteiger partial charge in [0.1, 0.15) is 12.3 Å². The van der Waals surface area contributed by atoms with Gasteiger partial charge in [-0.25, -0.2) is 9.98 Å². The molecule has 0 radical (unpaired) electrons. The lowest BCUT2D eigenvalue weighted by Crippen LogP contribution is -2.46. The summed E-state index contributed by atoms with van der Waals surface area (Å²) in [6, 6.07) is 0.463. The molecule has 0 aliphatic heterocycles. The molecule has 1 aromatic rings. The molecule has 1 rings (SSSR count). The first-order chi connectivity index (χ1) is 10.5. The summed E-state index contributed by atoms with van der Waals surface area (Å²) in [5.41, 5.74) is 0.929. The summed E-state index contributed by atoms with van der Waals surface area (Å²) >= 11 is 0. The molecule has 6 nitrogen and oxygen atoms in total. The number of likely N-dealkylation sites (N-methyl/N-ethyl adjacent to an activating group) is 1. The van der Waals surface area contributed by atoms with E-state index in [0.29, 0.717) is 18.5 Å². The van der Waals surface area contributed by atoms with E-state index in [-0.39, 0.29) is 0 Å². The van der Waals surface area contributed by atoms with E-state index in [1.807, 2.05) is 13.8 Å². The number of aromatic nitrogens is 1. The SMILES string of the molecule is CCNC(=NCc1nc(C)c(C)o1)NCC(C)N(CC)CC. The molecule has 0 aliphatic rings. The maximum atomic E-state index is 5.56. The minimum absolute atomic E-state index is 0.448. The molecule has 1 atom stereocenters. The Morgan fingerprint density at radius 1 is 1.23 bits per heavy atom. The number of guanidine groups is 1. The highest BCUT2D eigenvalue weighted by atomic mass is 16.4. The lowest BCUT2D eigenvalue weighted by atomic mass is 10.3. The van der Waals surface area contributed by atoms with Gasteiger partial charge in [-0.15, -0.1) is 0 Å². The zero-order valence-corrected chi connectivity index (χ0v) is 14.9. The lowest BCUT2D eigenvalue weighted by molar-refractivity contribution is 0.231. The summed E-state index contributed by atoms with van der Waals surface area (Å²) < 4.78 is 5.56. The maximum Gasteiger partial charge on any atom is 0.216 e. The van der Waals surface area contributed by atoms with Crippen molar-refractivity contribution in [2.24, 2.45) is 4.99 Å². The van der Waals surface area contributed by atoms with E-state index in [4.69, 9.17) is 4.42 Å². The summed E-state index contributed by atoms with van der Waals surface area (Å²) in [6.45, 7) is 16.8. The Kier molecular flexibility index (Phi) is 7.95. The van der Waals surface area contributed by atoms with E-state index >= 15 is 0 Å². The second-order valence-electron chi connectivity index (χ2n) is 5.40. The molecule has 0 fully saturated rings. The van der Waals surface area contributed by atoms with Gasteiger partial charge in [-0.2, -0.15) is 0 Å². The minimum Gasteiger partial charge on any atom is -0.444 e. The van der Waals surface area contributed by atoms with Gasteiger partial charge < -0.3 is 15.1 Å². The van der Waals surface area contributed by atoms with Crippen LogP contribution in [-0.2, 0) is 6.54 Å². The zero-order chi connectivity index (χ0) is 16.5. The van der Waals surface area contributed by atoms with E-state index in [1.54, 1.807) is 0 Å². The summed E-state index contributed by atoms with van der Waals surface area (Å²) in [5.74, 6) is 2.32. The number of aliphatic imine (C=N–C) groups is 1. The van der Waals surface area contributed by atoms with E-state index in [2.05, 4.69) is 53.2 Å². The molecule has 1 aromatic heterocycles. The van der Waals surface area contributed by atoms with Crippen LogP contribution in [0.1, 0.15) is 45.0 Å². The van der Waals surface area contributed by atoms with Gasteiger partial charge in [-0.05, 0) is 40.8 Å². The third kappa shape index (κ3) is 5.67. The Bertz CT molecular complexity index is 446. The van der Waals surface area contributed by atoms with Crippen molar-refractivity contribution in [2.75, 3.05) is 26.2 Å². The maximum absolute atomic E-state index is 5.56. The summed E-state index contributed by atoms with van der Waals surface area (Å²) in [5, 5.41) is 6.64. The van der Waals surface area contributed by atoms with Crippen molar-refractivity contribution in [3.63, 3.8) is 0 Å². The average Bonchev–Trinajstić information content (AvgIpc) is 2.82. The Morgan fingerprint density at radius 3 is 2.41 bits per heavy atom. The summed E-state index contributed by atoms with van der Waals surface area (Å²) in [7, 11) is 0. The van der Waals surface area contributed by atoms with Crippen LogP contribution in [0.5, 0.6) is 0 Å². The largest absolute Gasteiger partial charge is 0.444 e. The molecule has 6 heteroatoms. The van der Waals surface area contributed by atoms with Crippen molar-refractivity contribution >= 4 is 5.96 Å². The fourth-order valence-electron chi connectivity index (χ4n) is 2.32. The molecule has 2 N–H and O–H groups in total. The predicted molar refractivity (Wildman–Crippen MR) is 91.2 cm³/mol. The molecule has 22 heavy (non-hydrogen) atoms. The normalized spacial score (nSPS) is 13.5. The number of hydrogen-bond acceptors (Lipinski definition) is 4. The van der Waals surface area contributed by atoms with Crippen molar-refractivity contribution in [3.8, 4) is 0 Å². The standard InChI is InChI=1S/C16H31N5O/c1-7-17-16(18-10-12(4)21(8-2)9-3)19-11-15-20-13(5)14(6)22-15/h12H,7-11H2,1-6H3,(H2,17,18,19). The Balaban J connectivity index is 2.58. The van der Waals surface area contributed by atoms with Gasteiger partial charge in [0.25, 0.3) is 0 Å². The Hall–Kier alpha value is -1.56. The number of oxazole rings is 1. The van der Waals surface area contributed by atoms with Crippen molar-refractivity contribution < 1.29 is 4.42 Å². The third-order valence-corrected chi connectivity index (χ3v) is 3.79. The molecule has 0 amide bonds. The number of nitrogens with zero attached hydrogens (tertiary/aromatic N) is 3. The van der Waals surface area contributed by atoms with Gasteiger partial charge in [0, 0.05) is 19.1 Å². The van der Waals surface area contributed by atoms with Crippen LogP contribution in [0.2, 0.25) is 0 Å². The molecule has 1 heterocycles. The molecule has 0 aliphatic carbocycles. The smallest absolute Gasteiger partial charge is 0.216 e. The fraction of sp³-hybridized carbons (Fsp3) is 0.750. The van der Waals surface area contributed by atoms with Crippen LogP contribution in [0.25, 0.3) is 0 Å². The molecule has 0 aromatic carbocycles. The van der Waals surface area contributed by atoms with Crippen LogP contribution >= 0.6 is 0 Å². The summed E-state index contributed by atoms with van der Waals surface area (Å²) in [4.78, 5) is 11.3. The highest BCUT2D eigenvalue weighted by Crippen LogP contribution is 2.08. The van der Waals surface area contributed by atoms with Crippen molar-refractivity contribution in [1.82, 2.24) is 20.5 Å². The molecule has 126 valence electrons. The highest BCUT2D eigenvalue weighted by molar-refractivity contribution is 5.79. The third-order valence-electron chi connectivity index (χ3n) is 3.79. The molecular formula is C16H31N5O. The van der Waals surface area contributed by atoms with Crippen LogP contribution in [0.3, 0.4) is 0 Å². The fourth-order valence-corrected chi connectivity index (χ4v) is 2.32. The number of hydrogen-bond donors (Lipinski definition) is 2. The van der Waals surface area contributed by atoms with Crippen LogP contribution in [0.15, 0.2) is 9.41 Å². The van der Waals surface area contributed by atoms with E-state index < -0.39 is 0 Å². The minimum atomic E-state index is 0.448. The first-order valence-corrected chi connectivity index (χ1v) is 8.20. The quantitative estimate of drug-likeness (QED) is 0.568. The molecule has 1 unspecified atom stereocenters. The van der Waals surface area contributed by atoms with Crippen LogP contribution in [0, 0.1) is 13.8 Å². The molecular weight excluding hydrogens is 278 g/mol. The van der Waals surface area contributed by atoms with Crippen LogP contribution in [0.4, 0.5) is 0 Å². The number of rotatable bonds is 8.